The Morgan fingerprint density at radius 2 is 1.61 bits per heavy atom. The maximum absolute atomic E-state index is 12.7. The normalized spacial score (nSPS) is 12.1. The lowest BCUT2D eigenvalue weighted by molar-refractivity contribution is 0.00703. The fourth-order valence-corrected chi connectivity index (χ4v) is 4.06. The van der Waals surface area contributed by atoms with Crippen LogP contribution in [-0.4, -0.2) is 26.2 Å². The Morgan fingerprint density at radius 1 is 0.970 bits per heavy atom. The monoisotopic (exact) mass is 448 g/mol. The number of carbonyl (C=O) groups is 1. The SMILES string of the molecule is CCc1nc(C(C)(C)O)c(CC)n1Cc1ccc(-c2ccccc2C(=O)OC(C)(C)C)cc1. The standard InChI is InChI=1S/C28H36N2O3/c1-8-23-25(28(6,7)32)29-24(9-2)30(23)18-19-14-16-20(17-15-19)21-12-10-11-13-22(21)26(31)33-27(3,4)5/h10-17,32H,8-9,18H2,1-7H3. The highest BCUT2D eigenvalue weighted by Crippen LogP contribution is 2.28. The lowest BCUT2D eigenvalue weighted by Gasteiger charge is -2.20. The van der Waals surface area contributed by atoms with Crippen LogP contribution >= 0.6 is 0 Å². The maximum atomic E-state index is 12.7. The molecule has 33 heavy (non-hydrogen) atoms. The number of ether oxygens (including phenoxy) is 1. The predicted molar refractivity (Wildman–Crippen MR) is 132 cm³/mol. The Kier molecular flexibility index (Phi) is 7.13. The van der Waals surface area contributed by atoms with Gasteiger partial charge in [0.15, 0.2) is 0 Å². The molecule has 3 aromatic rings. The largest absolute Gasteiger partial charge is 0.456 e. The van der Waals surface area contributed by atoms with E-state index in [1.54, 1.807) is 13.8 Å². The zero-order chi connectivity index (χ0) is 24.4. The smallest absolute Gasteiger partial charge is 0.339 e. The quantitative estimate of drug-likeness (QED) is 0.457. The van der Waals surface area contributed by atoms with Crippen LogP contribution in [-0.2, 0) is 29.7 Å². The molecule has 0 spiro atoms. The van der Waals surface area contributed by atoms with Crippen molar-refractivity contribution in [1.82, 2.24) is 9.55 Å². The van der Waals surface area contributed by atoms with Gasteiger partial charge < -0.3 is 14.4 Å². The number of rotatable bonds is 7. The number of benzene rings is 2. The van der Waals surface area contributed by atoms with Crippen molar-refractivity contribution in [3.63, 3.8) is 0 Å². The molecule has 0 radical (unpaired) electrons. The van der Waals surface area contributed by atoms with E-state index in [0.29, 0.717) is 12.1 Å². The maximum Gasteiger partial charge on any atom is 0.339 e. The molecule has 0 saturated carbocycles. The van der Waals surface area contributed by atoms with Gasteiger partial charge in [-0.25, -0.2) is 9.78 Å². The van der Waals surface area contributed by atoms with Gasteiger partial charge in [0.2, 0.25) is 0 Å². The van der Waals surface area contributed by atoms with Gasteiger partial charge in [0.1, 0.15) is 17.0 Å². The summed E-state index contributed by atoms with van der Waals surface area (Å²) in [5.41, 5.74) is 3.82. The van der Waals surface area contributed by atoms with E-state index >= 15 is 0 Å². The van der Waals surface area contributed by atoms with Gasteiger partial charge in [-0.3, -0.25) is 0 Å². The first kappa shape index (κ1) is 24.7. The molecule has 0 bridgehead atoms. The lowest BCUT2D eigenvalue weighted by atomic mass is 9.98. The summed E-state index contributed by atoms with van der Waals surface area (Å²) in [6.45, 7) is 14.1. The van der Waals surface area contributed by atoms with Gasteiger partial charge in [0.05, 0.1) is 11.3 Å². The molecule has 0 saturated heterocycles. The third-order valence-electron chi connectivity index (χ3n) is 5.53. The van der Waals surface area contributed by atoms with E-state index in [4.69, 9.17) is 9.72 Å². The Labute approximate surface area is 197 Å². The van der Waals surface area contributed by atoms with Crippen molar-refractivity contribution in [3.05, 3.63) is 76.9 Å². The van der Waals surface area contributed by atoms with Crippen molar-refractivity contribution in [3.8, 4) is 11.1 Å². The van der Waals surface area contributed by atoms with Gasteiger partial charge in [-0.05, 0) is 63.8 Å². The van der Waals surface area contributed by atoms with Crippen molar-refractivity contribution < 1.29 is 14.6 Å². The van der Waals surface area contributed by atoms with E-state index in [1.807, 2.05) is 57.2 Å². The van der Waals surface area contributed by atoms with Crippen molar-refractivity contribution in [2.45, 2.75) is 79.1 Å². The van der Waals surface area contributed by atoms with Gasteiger partial charge in [0.25, 0.3) is 0 Å². The minimum Gasteiger partial charge on any atom is -0.456 e. The molecular weight excluding hydrogens is 412 g/mol. The number of aromatic nitrogens is 2. The molecule has 0 amide bonds. The van der Waals surface area contributed by atoms with Crippen LogP contribution in [0.2, 0.25) is 0 Å². The minimum absolute atomic E-state index is 0.320. The van der Waals surface area contributed by atoms with E-state index in [2.05, 4.69) is 30.5 Å². The first-order valence-electron chi connectivity index (χ1n) is 11.7. The number of nitrogens with zero attached hydrogens (tertiary/aromatic N) is 2. The van der Waals surface area contributed by atoms with E-state index in [1.165, 1.54) is 0 Å². The molecular formula is C28H36N2O3. The van der Waals surface area contributed by atoms with Crippen molar-refractivity contribution >= 4 is 5.97 Å². The van der Waals surface area contributed by atoms with Crippen LogP contribution in [0.5, 0.6) is 0 Å². The highest BCUT2D eigenvalue weighted by Gasteiger charge is 2.26. The Bertz CT molecular complexity index is 1110. The fourth-order valence-electron chi connectivity index (χ4n) is 4.06. The molecule has 0 atom stereocenters. The summed E-state index contributed by atoms with van der Waals surface area (Å²) in [6, 6.07) is 15.8. The summed E-state index contributed by atoms with van der Waals surface area (Å²) >= 11 is 0. The van der Waals surface area contributed by atoms with Crippen LogP contribution in [0.15, 0.2) is 48.5 Å². The number of imidazole rings is 1. The van der Waals surface area contributed by atoms with Gasteiger partial charge in [0, 0.05) is 18.7 Å². The molecule has 3 rings (SSSR count). The molecule has 0 unspecified atom stereocenters. The Morgan fingerprint density at radius 3 is 2.15 bits per heavy atom. The molecule has 5 heteroatoms. The zero-order valence-electron chi connectivity index (χ0n) is 20.9. The molecule has 0 aliphatic heterocycles. The average molecular weight is 449 g/mol. The average Bonchev–Trinajstić information content (AvgIpc) is 3.11. The fraction of sp³-hybridized carbons (Fsp3) is 0.429. The van der Waals surface area contributed by atoms with E-state index in [-0.39, 0.29) is 5.97 Å². The minimum atomic E-state index is -0.976. The molecule has 1 N–H and O–H groups in total. The van der Waals surface area contributed by atoms with E-state index in [9.17, 15) is 9.90 Å². The highest BCUT2D eigenvalue weighted by molar-refractivity contribution is 5.97. The Hall–Kier alpha value is -2.92. The van der Waals surface area contributed by atoms with E-state index < -0.39 is 11.2 Å². The van der Waals surface area contributed by atoms with Gasteiger partial charge in [-0.2, -0.15) is 0 Å². The zero-order valence-corrected chi connectivity index (χ0v) is 20.9. The molecule has 1 heterocycles. The summed E-state index contributed by atoms with van der Waals surface area (Å²) in [7, 11) is 0. The summed E-state index contributed by atoms with van der Waals surface area (Å²) in [4.78, 5) is 17.5. The lowest BCUT2D eigenvalue weighted by Crippen LogP contribution is -2.24. The third-order valence-corrected chi connectivity index (χ3v) is 5.53. The van der Waals surface area contributed by atoms with Gasteiger partial charge in [-0.1, -0.05) is 56.3 Å². The second-order valence-corrected chi connectivity index (χ2v) is 9.92. The van der Waals surface area contributed by atoms with Crippen LogP contribution in [0.4, 0.5) is 0 Å². The molecule has 1 aromatic heterocycles. The summed E-state index contributed by atoms with van der Waals surface area (Å²) in [6.07, 6.45) is 1.60. The third kappa shape index (κ3) is 5.72. The number of esters is 1. The first-order chi connectivity index (χ1) is 15.4. The molecule has 176 valence electrons. The Balaban J connectivity index is 1.92. The molecule has 5 nitrogen and oxygen atoms in total. The van der Waals surface area contributed by atoms with E-state index in [0.717, 1.165) is 46.7 Å². The summed E-state index contributed by atoms with van der Waals surface area (Å²) in [5, 5.41) is 10.6. The second-order valence-electron chi connectivity index (χ2n) is 9.92. The van der Waals surface area contributed by atoms with Crippen molar-refractivity contribution in [1.29, 1.82) is 0 Å². The molecule has 0 aliphatic rings. The molecule has 0 fully saturated rings. The summed E-state index contributed by atoms with van der Waals surface area (Å²) in [5.74, 6) is 0.656. The first-order valence-corrected chi connectivity index (χ1v) is 11.7. The number of aryl methyl sites for hydroxylation is 1. The van der Waals surface area contributed by atoms with Crippen LogP contribution in [0, 0.1) is 0 Å². The van der Waals surface area contributed by atoms with Crippen molar-refractivity contribution in [2.75, 3.05) is 0 Å². The van der Waals surface area contributed by atoms with Gasteiger partial charge in [-0.15, -0.1) is 0 Å². The molecule has 2 aromatic carbocycles. The second kappa shape index (κ2) is 9.52. The number of hydrogen-bond acceptors (Lipinski definition) is 4. The van der Waals surface area contributed by atoms with Crippen LogP contribution in [0.25, 0.3) is 11.1 Å². The molecule has 0 aliphatic carbocycles. The summed E-state index contributed by atoms with van der Waals surface area (Å²) < 4.78 is 7.82. The highest BCUT2D eigenvalue weighted by atomic mass is 16.6. The van der Waals surface area contributed by atoms with Crippen LogP contribution < -0.4 is 0 Å². The number of aliphatic hydroxyl groups is 1. The van der Waals surface area contributed by atoms with Crippen LogP contribution in [0.3, 0.4) is 0 Å². The van der Waals surface area contributed by atoms with Gasteiger partial charge >= 0.3 is 5.97 Å². The number of hydrogen-bond donors (Lipinski definition) is 1. The predicted octanol–water partition coefficient (Wildman–Crippen LogP) is 5.91. The van der Waals surface area contributed by atoms with Crippen LogP contribution in [0.1, 0.15) is 81.6 Å². The van der Waals surface area contributed by atoms with Crippen molar-refractivity contribution in [2.24, 2.45) is 0 Å². The topological polar surface area (TPSA) is 64.4 Å². The number of carbonyl (C=O) groups excluding carboxylic acids is 1.